The highest BCUT2D eigenvalue weighted by Crippen LogP contribution is 2.21. The van der Waals surface area contributed by atoms with Crippen LogP contribution in [-0.4, -0.2) is 5.91 Å². The Morgan fingerprint density at radius 1 is 1.58 bits per heavy atom. The fourth-order valence-corrected chi connectivity index (χ4v) is 1.85. The molecule has 0 saturated heterocycles. The molecule has 0 aliphatic rings. The van der Waals surface area contributed by atoms with Crippen molar-refractivity contribution in [1.82, 2.24) is 0 Å². The molecule has 0 fully saturated rings. The van der Waals surface area contributed by atoms with Gasteiger partial charge in [-0.1, -0.05) is 11.6 Å². The Bertz CT molecular complexity index is 319. The van der Waals surface area contributed by atoms with Gasteiger partial charge in [-0.15, -0.1) is 0 Å². The zero-order valence-electron chi connectivity index (χ0n) is 5.77. The fourth-order valence-electron chi connectivity index (χ4n) is 0.778. The zero-order valence-corrected chi connectivity index (χ0v) is 8.69. The number of carbonyl (C=O) groups is 1. The van der Waals surface area contributed by atoms with E-state index in [1.165, 1.54) is 12.1 Å². The minimum Gasteiger partial charge on any atom is -0.365 e. The number of carbonyl (C=O) groups excluding carboxylic acids is 1. The third-order valence-electron chi connectivity index (χ3n) is 1.25. The summed E-state index contributed by atoms with van der Waals surface area (Å²) < 4.78 is 13.6. The molecule has 0 spiro atoms. The maximum absolute atomic E-state index is 13.0. The zero-order chi connectivity index (χ0) is 9.30. The Morgan fingerprint density at radius 2 is 2.17 bits per heavy atom. The Balaban J connectivity index is 3.38. The quantitative estimate of drug-likeness (QED) is 0.794. The first-order valence-corrected chi connectivity index (χ1v) is 4.42. The standard InChI is InChI=1S/C7H4ClFINO/c8-4-1-3(10)2-5(9)6(4)7(11)12/h1-2H,(H2,11,12). The van der Waals surface area contributed by atoms with E-state index >= 15 is 0 Å². The summed E-state index contributed by atoms with van der Waals surface area (Å²) in [6.45, 7) is 0. The van der Waals surface area contributed by atoms with Crippen molar-refractivity contribution in [3.63, 3.8) is 0 Å². The molecular formula is C7H4ClFINO. The Hall–Kier alpha value is -0.360. The molecule has 0 aromatic heterocycles. The van der Waals surface area contributed by atoms with E-state index in [2.05, 4.69) is 0 Å². The summed E-state index contributed by atoms with van der Waals surface area (Å²) >= 11 is 7.48. The van der Waals surface area contributed by atoms with Gasteiger partial charge in [-0.05, 0) is 34.7 Å². The number of hydrogen-bond donors (Lipinski definition) is 1. The van der Waals surface area contributed by atoms with Crippen molar-refractivity contribution in [3.05, 3.63) is 32.1 Å². The van der Waals surface area contributed by atoms with E-state index in [0.717, 1.165) is 0 Å². The van der Waals surface area contributed by atoms with Gasteiger partial charge in [-0.3, -0.25) is 4.79 Å². The van der Waals surface area contributed by atoms with Crippen LogP contribution in [0.5, 0.6) is 0 Å². The topological polar surface area (TPSA) is 43.1 Å². The lowest BCUT2D eigenvalue weighted by Crippen LogP contribution is -2.14. The summed E-state index contributed by atoms with van der Waals surface area (Å²) in [7, 11) is 0. The van der Waals surface area contributed by atoms with Crippen LogP contribution in [0.3, 0.4) is 0 Å². The van der Waals surface area contributed by atoms with Crippen LogP contribution in [0, 0.1) is 9.39 Å². The lowest BCUT2D eigenvalue weighted by molar-refractivity contribution is 0.0996. The van der Waals surface area contributed by atoms with Crippen molar-refractivity contribution < 1.29 is 9.18 Å². The molecule has 0 aliphatic carbocycles. The maximum atomic E-state index is 13.0. The molecular weight excluding hydrogens is 295 g/mol. The van der Waals surface area contributed by atoms with Crippen molar-refractivity contribution in [3.8, 4) is 0 Å². The molecule has 2 nitrogen and oxygen atoms in total. The first-order valence-electron chi connectivity index (χ1n) is 2.96. The molecule has 0 unspecified atom stereocenters. The van der Waals surface area contributed by atoms with Gasteiger partial charge in [0.25, 0.3) is 5.91 Å². The lowest BCUT2D eigenvalue weighted by Gasteiger charge is -2.01. The van der Waals surface area contributed by atoms with Crippen molar-refractivity contribution in [2.45, 2.75) is 0 Å². The number of rotatable bonds is 1. The number of primary amides is 1. The normalized spacial score (nSPS) is 9.92. The average molecular weight is 299 g/mol. The number of nitrogens with two attached hydrogens (primary N) is 1. The van der Waals surface area contributed by atoms with Gasteiger partial charge in [0.1, 0.15) is 5.82 Å². The van der Waals surface area contributed by atoms with E-state index in [4.69, 9.17) is 17.3 Å². The molecule has 0 radical (unpaired) electrons. The van der Waals surface area contributed by atoms with Crippen molar-refractivity contribution in [2.24, 2.45) is 5.73 Å². The fraction of sp³-hybridized carbons (Fsp3) is 0. The average Bonchev–Trinajstić information content (AvgIpc) is 1.82. The number of amides is 1. The van der Waals surface area contributed by atoms with E-state index in [1.54, 1.807) is 0 Å². The summed E-state index contributed by atoms with van der Waals surface area (Å²) in [6.07, 6.45) is 0. The van der Waals surface area contributed by atoms with Gasteiger partial charge >= 0.3 is 0 Å². The molecule has 5 heteroatoms. The Kier molecular flexibility index (Phi) is 2.89. The first kappa shape index (κ1) is 9.73. The highest BCUT2D eigenvalue weighted by molar-refractivity contribution is 14.1. The second kappa shape index (κ2) is 3.57. The van der Waals surface area contributed by atoms with Crippen LogP contribution < -0.4 is 5.73 Å². The summed E-state index contributed by atoms with van der Waals surface area (Å²) in [5.41, 5.74) is 4.65. The number of hydrogen-bond acceptors (Lipinski definition) is 1. The highest BCUT2D eigenvalue weighted by Gasteiger charge is 2.13. The molecule has 64 valence electrons. The summed E-state index contributed by atoms with van der Waals surface area (Å²) in [5, 5.41) is 0.0481. The van der Waals surface area contributed by atoms with Crippen molar-refractivity contribution >= 4 is 40.1 Å². The molecule has 1 aromatic rings. The molecule has 0 bridgehead atoms. The van der Waals surface area contributed by atoms with E-state index in [9.17, 15) is 9.18 Å². The molecule has 0 heterocycles. The van der Waals surface area contributed by atoms with Crippen LogP contribution in [0.25, 0.3) is 0 Å². The van der Waals surface area contributed by atoms with Gasteiger partial charge in [-0.25, -0.2) is 4.39 Å². The van der Waals surface area contributed by atoms with E-state index in [1.807, 2.05) is 22.6 Å². The van der Waals surface area contributed by atoms with Crippen LogP contribution >= 0.6 is 34.2 Å². The van der Waals surface area contributed by atoms with Crippen molar-refractivity contribution in [2.75, 3.05) is 0 Å². The monoisotopic (exact) mass is 299 g/mol. The summed E-state index contributed by atoms with van der Waals surface area (Å²) in [6, 6.07) is 2.68. The molecule has 0 aliphatic heterocycles. The molecule has 2 N–H and O–H groups in total. The predicted molar refractivity (Wildman–Crippen MR) is 52.6 cm³/mol. The molecule has 0 saturated carbocycles. The molecule has 12 heavy (non-hydrogen) atoms. The second-order valence-corrected chi connectivity index (χ2v) is 3.76. The van der Waals surface area contributed by atoms with Gasteiger partial charge < -0.3 is 5.73 Å². The van der Waals surface area contributed by atoms with Gasteiger partial charge in [0.2, 0.25) is 0 Å². The third kappa shape index (κ3) is 1.87. The second-order valence-electron chi connectivity index (χ2n) is 2.11. The SMILES string of the molecule is NC(=O)c1c(F)cc(I)cc1Cl. The van der Waals surface area contributed by atoms with Crippen LogP contribution in [0.15, 0.2) is 12.1 Å². The van der Waals surface area contributed by atoms with Crippen LogP contribution in [0.2, 0.25) is 5.02 Å². The van der Waals surface area contributed by atoms with Gasteiger partial charge in [-0.2, -0.15) is 0 Å². The summed E-state index contributed by atoms with van der Waals surface area (Å²) in [4.78, 5) is 10.6. The third-order valence-corrected chi connectivity index (χ3v) is 2.17. The van der Waals surface area contributed by atoms with Gasteiger partial charge in [0, 0.05) is 3.57 Å². The minimum atomic E-state index is -0.853. The van der Waals surface area contributed by atoms with E-state index in [-0.39, 0.29) is 10.6 Å². The number of benzene rings is 1. The van der Waals surface area contributed by atoms with Gasteiger partial charge in [0.15, 0.2) is 0 Å². The Labute approximate surface area is 87.0 Å². The summed E-state index contributed by atoms with van der Waals surface area (Å²) in [5.74, 6) is -1.53. The van der Waals surface area contributed by atoms with Gasteiger partial charge in [0.05, 0.1) is 10.6 Å². The number of halogens is 3. The largest absolute Gasteiger partial charge is 0.365 e. The predicted octanol–water partition coefficient (Wildman–Crippen LogP) is 2.18. The molecule has 0 atom stereocenters. The molecule has 1 amide bonds. The van der Waals surface area contributed by atoms with Crippen LogP contribution in [-0.2, 0) is 0 Å². The van der Waals surface area contributed by atoms with Crippen molar-refractivity contribution in [1.29, 1.82) is 0 Å². The van der Waals surface area contributed by atoms with Crippen LogP contribution in [0.4, 0.5) is 4.39 Å². The smallest absolute Gasteiger partial charge is 0.253 e. The molecule has 1 aromatic carbocycles. The molecule has 1 rings (SSSR count). The first-order chi connectivity index (χ1) is 5.52. The minimum absolute atomic E-state index is 0.0481. The van der Waals surface area contributed by atoms with Crippen LogP contribution in [0.1, 0.15) is 10.4 Å². The van der Waals surface area contributed by atoms with E-state index < -0.39 is 11.7 Å². The van der Waals surface area contributed by atoms with E-state index in [0.29, 0.717) is 3.57 Å². The lowest BCUT2D eigenvalue weighted by atomic mass is 10.2. The highest BCUT2D eigenvalue weighted by atomic mass is 127. The maximum Gasteiger partial charge on any atom is 0.253 e. The Morgan fingerprint density at radius 3 is 2.58 bits per heavy atom.